The standard InChI is InChI=1S/C23H23N3O.2ClH/c27-23(25-18-12-16-10-11-17(13-18)24-16)20-14-22(15-6-2-1-3-7-15)26-21-9-5-4-8-19(20)21;;/h1-9,14,16-18,24H,10-13H2,(H,25,27);2*1H. The van der Waals surface area contributed by atoms with Gasteiger partial charge in [0.15, 0.2) is 0 Å². The Kier molecular flexibility index (Phi) is 6.78. The summed E-state index contributed by atoms with van der Waals surface area (Å²) in [7, 11) is 0. The molecule has 2 N–H and O–H groups in total. The molecule has 5 rings (SSSR count). The highest BCUT2D eigenvalue weighted by molar-refractivity contribution is 6.07. The van der Waals surface area contributed by atoms with Gasteiger partial charge in [-0.15, -0.1) is 24.8 Å². The second kappa shape index (κ2) is 9.12. The van der Waals surface area contributed by atoms with E-state index in [-0.39, 0.29) is 36.8 Å². The summed E-state index contributed by atoms with van der Waals surface area (Å²) in [6.07, 6.45) is 4.51. The van der Waals surface area contributed by atoms with E-state index in [1.54, 1.807) is 0 Å². The van der Waals surface area contributed by atoms with Crippen LogP contribution in [-0.4, -0.2) is 29.0 Å². The van der Waals surface area contributed by atoms with Crippen LogP contribution < -0.4 is 10.6 Å². The summed E-state index contributed by atoms with van der Waals surface area (Å²) in [5.74, 6) is 0.0112. The number of fused-ring (bicyclic) bond motifs is 3. The van der Waals surface area contributed by atoms with Crippen LogP contribution in [0.3, 0.4) is 0 Å². The van der Waals surface area contributed by atoms with Gasteiger partial charge in [-0.1, -0.05) is 48.5 Å². The van der Waals surface area contributed by atoms with Crippen molar-refractivity contribution in [3.05, 3.63) is 66.2 Å². The number of carbonyl (C=O) groups excluding carboxylic acids is 1. The van der Waals surface area contributed by atoms with Crippen molar-refractivity contribution < 1.29 is 4.79 Å². The van der Waals surface area contributed by atoms with E-state index in [1.165, 1.54) is 12.8 Å². The second-order valence-electron chi connectivity index (χ2n) is 7.72. The second-order valence-corrected chi connectivity index (χ2v) is 7.72. The molecule has 2 bridgehead atoms. The third kappa shape index (κ3) is 4.40. The van der Waals surface area contributed by atoms with Gasteiger partial charge in [0.05, 0.1) is 16.8 Å². The van der Waals surface area contributed by atoms with E-state index in [1.807, 2.05) is 60.7 Å². The topological polar surface area (TPSA) is 54.0 Å². The predicted octanol–water partition coefficient (Wildman–Crippen LogP) is 4.76. The number of halogens is 2. The Morgan fingerprint density at radius 2 is 1.59 bits per heavy atom. The number of aromatic nitrogens is 1. The number of pyridine rings is 1. The maximum absolute atomic E-state index is 13.2. The number of rotatable bonds is 3. The first-order valence-electron chi connectivity index (χ1n) is 9.78. The van der Waals surface area contributed by atoms with Crippen LogP contribution >= 0.6 is 24.8 Å². The first-order valence-corrected chi connectivity index (χ1v) is 9.78. The highest BCUT2D eigenvalue weighted by Gasteiger charge is 2.34. The van der Waals surface area contributed by atoms with Crippen molar-refractivity contribution in [2.24, 2.45) is 0 Å². The van der Waals surface area contributed by atoms with Gasteiger partial charge in [0, 0.05) is 29.1 Å². The SMILES string of the molecule is Cl.Cl.O=C(NC1CC2CCC(C1)N2)c1cc(-c2ccccc2)nc2ccccc12. The number of nitrogens with one attached hydrogen (secondary N) is 2. The Labute approximate surface area is 183 Å². The third-order valence-electron chi connectivity index (χ3n) is 5.84. The number of hydrogen-bond acceptors (Lipinski definition) is 3. The number of amides is 1. The van der Waals surface area contributed by atoms with Gasteiger partial charge in [0.25, 0.3) is 5.91 Å². The molecule has 0 radical (unpaired) electrons. The number of nitrogens with zero attached hydrogens (tertiary/aromatic N) is 1. The Balaban J connectivity index is 0.00000120. The van der Waals surface area contributed by atoms with Gasteiger partial charge in [-0.25, -0.2) is 4.98 Å². The third-order valence-corrected chi connectivity index (χ3v) is 5.84. The summed E-state index contributed by atoms with van der Waals surface area (Å²) >= 11 is 0. The number of piperidine rings is 1. The molecule has 1 aromatic heterocycles. The van der Waals surface area contributed by atoms with Crippen molar-refractivity contribution in [1.82, 2.24) is 15.6 Å². The van der Waals surface area contributed by atoms with Gasteiger partial charge in [-0.2, -0.15) is 0 Å². The lowest BCUT2D eigenvalue weighted by atomic mass is 9.98. The lowest BCUT2D eigenvalue weighted by molar-refractivity contribution is 0.0925. The molecule has 2 atom stereocenters. The summed E-state index contributed by atoms with van der Waals surface area (Å²) < 4.78 is 0. The van der Waals surface area contributed by atoms with Gasteiger partial charge in [-0.05, 0) is 37.8 Å². The summed E-state index contributed by atoms with van der Waals surface area (Å²) in [5, 5.41) is 7.84. The molecule has 6 heteroatoms. The molecular formula is C23H25Cl2N3O. The quantitative estimate of drug-likeness (QED) is 0.630. The zero-order valence-electron chi connectivity index (χ0n) is 16.0. The monoisotopic (exact) mass is 429 g/mol. The molecule has 2 aliphatic heterocycles. The fourth-order valence-electron chi connectivity index (χ4n) is 4.56. The minimum atomic E-state index is 0. The van der Waals surface area contributed by atoms with Crippen molar-refractivity contribution in [3.8, 4) is 11.3 Å². The molecule has 3 heterocycles. The predicted molar refractivity (Wildman–Crippen MR) is 122 cm³/mol. The fraction of sp³-hybridized carbons (Fsp3) is 0.304. The van der Waals surface area contributed by atoms with Crippen LogP contribution in [0.25, 0.3) is 22.2 Å². The molecule has 2 unspecified atom stereocenters. The smallest absolute Gasteiger partial charge is 0.252 e. The molecular weight excluding hydrogens is 405 g/mol. The maximum atomic E-state index is 13.2. The van der Waals surface area contributed by atoms with E-state index in [0.717, 1.165) is 35.0 Å². The van der Waals surface area contributed by atoms with E-state index in [4.69, 9.17) is 4.98 Å². The van der Waals surface area contributed by atoms with Crippen LogP contribution in [0.5, 0.6) is 0 Å². The number of para-hydroxylation sites is 1. The Hall–Kier alpha value is -2.14. The summed E-state index contributed by atoms with van der Waals surface area (Å²) in [4.78, 5) is 18.0. The van der Waals surface area contributed by atoms with Crippen LogP contribution in [-0.2, 0) is 0 Å². The van der Waals surface area contributed by atoms with Gasteiger partial charge in [0.1, 0.15) is 0 Å². The molecule has 0 saturated carbocycles. The van der Waals surface area contributed by atoms with Gasteiger partial charge < -0.3 is 10.6 Å². The van der Waals surface area contributed by atoms with Crippen LogP contribution in [0.15, 0.2) is 60.7 Å². The van der Waals surface area contributed by atoms with E-state index < -0.39 is 0 Å². The molecule has 2 saturated heterocycles. The Bertz CT molecular complexity index is 984. The molecule has 2 aromatic carbocycles. The fourth-order valence-corrected chi connectivity index (χ4v) is 4.56. The van der Waals surface area contributed by atoms with Crippen molar-refractivity contribution in [1.29, 1.82) is 0 Å². The van der Waals surface area contributed by atoms with E-state index >= 15 is 0 Å². The summed E-state index contributed by atoms with van der Waals surface area (Å²) in [5.41, 5.74) is 3.43. The maximum Gasteiger partial charge on any atom is 0.252 e. The molecule has 0 spiro atoms. The number of carbonyl (C=O) groups is 1. The average Bonchev–Trinajstić information content (AvgIpc) is 3.06. The molecule has 29 heavy (non-hydrogen) atoms. The van der Waals surface area contributed by atoms with Crippen molar-refractivity contribution in [3.63, 3.8) is 0 Å². The summed E-state index contributed by atoms with van der Waals surface area (Å²) in [6.45, 7) is 0. The lowest BCUT2D eigenvalue weighted by Gasteiger charge is -2.29. The van der Waals surface area contributed by atoms with Crippen LogP contribution in [0, 0.1) is 0 Å². The van der Waals surface area contributed by atoms with E-state index in [2.05, 4.69) is 10.6 Å². The van der Waals surface area contributed by atoms with Gasteiger partial charge in [-0.3, -0.25) is 4.79 Å². The Morgan fingerprint density at radius 1 is 0.931 bits per heavy atom. The molecule has 1 amide bonds. The molecule has 4 nitrogen and oxygen atoms in total. The first kappa shape index (κ1) is 21.6. The van der Waals surface area contributed by atoms with E-state index in [0.29, 0.717) is 17.6 Å². The van der Waals surface area contributed by atoms with Gasteiger partial charge >= 0.3 is 0 Å². The molecule has 2 fully saturated rings. The zero-order chi connectivity index (χ0) is 18.2. The summed E-state index contributed by atoms with van der Waals surface area (Å²) in [6, 6.07) is 21.2. The number of hydrogen-bond donors (Lipinski definition) is 2. The van der Waals surface area contributed by atoms with Crippen LogP contribution in [0.2, 0.25) is 0 Å². The highest BCUT2D eigenvalue weighted by atomic mass is 35.5. The van der Waals surface area contributed by atoms with E-state index in [9.17, 15) is 4.79 Å². The van der Waals surface area contributed by atoms with Crippen molar-refractivity contribution >= 4 is 41.6 Å². The molecule has 2 aliphatic rings. The molecule has 0 aliphatic carbocycles. The van der Waals surface area contributed by atoms with Gasteiger partial charge in [0.2, 0.25) is 0 Å². The lowest BCUT2D eigenvalue weighted by Crippen LogP contribution is -2.48. The molecule has 152 valence electrons. The minimum Gasteiger partial charge on any atom is -0.349 e. The Morgan fingerprint density at radius 3 is 2.31 bits per heavy atom. The number of benzene rings is 2. The average molecular weight is 430 g/mol. The minimum absolute atomic E-state index is 0. The van der Waals surface area contributed by atoms with Crippen molar-refractivity contribution in [2.75, 3.05) is 0 Å². The first-order chi connectivity index (χ1) is 13.3. The normalized spacial score (nSPS) is 22.4. The molecule has 3 aromatic rings. The highest BCUT2D eigenvalue weighted by Crippen LogP contribution is 2.28. The van der Waals surface area contributed by atoms with Crippen LogP contribution in [0.4, 0.5) is 0 Å². The largest absolute Gasteiger partial charge is 0.349 e. The van der Waals surface area contributed by atoms with Crippen molar-refractivity contribution in [2.45, 2.75) is 43.8 Å². The van der Waals surface area contributed by atoms with Crippen LogP contribution in [0.1, 0.15) is 36.0 Å². The zero-order valence-corrected chi connectivity index (χ0v) is 17.6.